The number of anilines is 1. The molecule has 1 fully saturated rings. The van der Waals surface area contributed by atoms with Gasteiger partial charge in [0.1, 0.15) is 0 Å². The molecule has 0 spiro atoms. The standard InChI is InChI=1S/C16H28N4O/c1-16(2,3)20-11-10-18-14(15(20)21)19(5)13-8-6-12(17-4)7-9-13/h10-13,17H,6-9H2,1-5H3. The molecule has 0 atom stereocenters. The zero-order valence-electron chi connectivity index (χ0n) is 13.9. The summed E-state index contributed by atoms with van der Waals surface area (Å²) in [5, 5.41) is 3.34. The van der Waals surface area contributed by atoms with E-state index in [4.69, 9.17) is 0 Å². The van der Waals surface area contributed by atoms with Crippen molar-refractivity contribution in [1.29, 1.82) is 0 Å². The van der Waals surface area contributed by atoms with Gasteiger partial charge in [0.15, 0.2) is 5.82 Å². The van der Waals surface area contributed by atoms with Crippen LogP contribution in [0.1, 0.15) is 46.5 Å². The van der Waals surface area contributed by atoms with Crippen LogP contribution in [-0.4, -0.2) is 35.7 Å². The van der Waals surface area contributed by atoms with Crippen LogP contribution < -0.4 is 15.8 Å². The summed E-state index contributed by atoms with van der Waals surface area (Å²) >= 11 is 0. The molecule has 0 aliphatic heterocycles. The Morgan fingerprint density at radius 1 is 1.29 bits per heavy atom. The van der Waals surface area contributed by atoms with Crippen molar-refractivity contribution in [2.45, 2.75) is 64.1 Å². The Kier molecular flexibility index (Phi) is 4.71. The third-order valence-corrected chi connectivity index (χ3v) is 4.53. The topological polar surface area (TPSA) is 50.2 Å². The second-order valence-corrected chi connectivity index (χ2v) is 7.00. The largest absolute Gasteiger partial charge is 0.352 e. The first kappa shape index (κ1) is 16.0. The number of hydrogen-bond acceptors (Lipinski definition) is 4. The van der Waals surface area contributed by atoms with Gasteiger partial charge in [-0.05, 0) is 53.5 Å². The summed E-state index contributed by atoms with van der Waals surface area (Å²) in [6.07, 6.45) is 8.04. The fourth-order valence-electron chi connectivity index (χ4n) is 3.10. The smallest absolute Gasteiger partial charge is 0.293 e. The summed E-state index contributed by atoms with van der Waals surface area (Å²) in [4.78, 5) is 19.1. The first-order valence-corrected chi connectivity index (χ1v) is 7.83. The van der Waals surface area contributed by atoms with Crippen molar-refractivity contribution in [2.24, 2.45) is 0 Å². The molecule has 5 heteroatoms. The fourth-order valence-corrected chi connectivity index (χ4v) is 3.10. The average molecular weight is 292 g/mol. The molecule has 0 amide bonds. The minimum absolute atomic E-state index is 0.00300. The van der Waals surface area contributed by atoms with Crippen LogP contribution in [0.15, 0.2) is 17.2 Å². The molecule has 1 aliphatic carbocycles. The summed E-state index contributed by atoms with van der Waals surface area (Å²) < 4.78 is 1.77. The van der Waals surface area contributed by atoms with Gasteiger partial charge in [0.25, 0.3) is 5.56 Å². The minimum atomic E-state index is -0.223. The van der Waals surface area contributed by atoms with Gasteiger partial charge in [-0.15, -0.1) is 0 Å². The molecule has 21 heavy (non-hydrogen) atoms. The molecule has 1 aliphatic rings. The highest BCUT2D eigenvalue weighted by molar-refractivity contribution is 5.36. The summed E-state index contributed by atoms with van der Waals surface area (Å²) in [6.45, 7) is 6.11. The minimum Gasteiger partial charge on any atom is -0.352 e. The maximum absolute atomic E-state index is 12.7. The van der Waals surface area contributed by atoms with Crippen molar-refractivity contribution in [2.75, 3.05) is 19.0 Å². The van der Waals surface area contributed by atoms with Gasteiger partial charge in [-0.3, -0.25) is 4.79 Å². The molecule has 1 aromatic rings. The van der Waals surface area contributed by atoms with Crippen LogP contribution >= 0.6 is 0 Å². The van der Waals surface area contributed by atoms with E-state index >= 15 is 0 Å². The number of nitrogens with one attached hydrogen (secondary N) is 1. The van der Waals surface area contributed by atoms with E-state index in [0.29, 0.717) is 17.9 Å². The van der Waals surface area contributed by atoms with Crippen LogP contribution in [0.3, 0.4) is 0 Å². The predicted molar refractivity (Wildman–Crippen MR) is 87.0 cm³/mol. The Balaban J connectivity index is 2.21. The molecule has 1 heterocycles. The van der Waals surface area contributed by atoms with E-state index in [9.17, 15) is 4.79 Å². The molecular formula is C16H28N4O. The normalized spacial score (nSPS) is 23.1. The second-order valence-electron chi connectivity index (χ2n) is 7.00. The molecule has 0 saturated heterocycles. The molecule has 0 bridgehead atoms. The number of aromatic nitrogens is 2. The zero-order chi connectivity index (χ0) is 15.6. The van der Waals surface area contributed by atoms with Gasteiger partial charge >= 0.3 is 0 Å². The lowest BCUT2D eigenvalue weighted by atomic mass is 9.90. The van der Waals surface area contributed by atoms with E-state index < -0.39 is 0 Å². The van der Waals surface area contributed by atoms with Gasteiger partial charge in [-0.25, -0.2) is 4.98 Å². The Morgan fingerprint density at radius 2 is 1.90 bits per heavy atom. The van der Waals surface area contributed by atoms with Gasteiger partial charge < -0.3 is 14.8 Å². The lowest BCUT2D eigenvalue weighted by Crippen LogP contribution is -2.44. The van der Waals surface area contributed by atoms with Crippen LogP contribution in [-0.2, 0) is 5.54 Å². The van der Waals surface area contributed by atoms with Crippen molar-refractivity contribution in [1.82, 2.24) is 14.9 Å². The summed E-state index contributed by atoms with van der Waals surface area (Å²) in [5.74, 6) is 0.570. The van der Waals surface area contributed by atoms with Crippen LogP contribution in [0.25, 0.3) is 0 Å². The van der Waals surface area contributed by atoms with Crippen LogP contribution in [0.2, 0.25) is 0 Å². The maximum Gasteiger partial charge on any atom is 0.293 e. The highest BCUT2D eigenvalue weighted by atomic mass is 16.1. The van der Waals surface area contributed by atoms with E-state index in [1.165, 1.54) is 0 Å². The van der Waals surface area contributed by atoms with Crippen molar-refractivity contribution in [3.05, 3.63) is 22.7 Å². The predicted octanol–water partition coefficient (Wildman–Crippen LogP) is 1.97. The van der Waals surface area contributed by atoms with Crippen LogP contribution in [0.4, 0.5) is 5.82 Å². The molecule has 0 radical (unpaired) electrons. The average Bonchev–Trinajstić information content (AvgIpc) is 2.45. The van der Waals surface area contributed by atoms with Gasteiger partial charge in [0, 0.05) is 37.1 Å². The highest BCUT2D eigenvalue weighted by Crippen LogP contribution is 2.24. The van der Waals surface area contributed by atoms with Crippen molar-refractivity contribution >= 4 is 5.82 Å². The zero-order valence-corrected chi connectivity index (χ0v) is 13.9. The molecule has 0 unspecified atom stereocenters. The Hall–Kier alpha value is -1.36. The summed E-state index contributed by atoms with van der Waals surface area (Å²) in [5.41, 5.74) is -0.220. The van der Waals surface area contributed by atoms with E-state index in [1.54, 1.807) is 17.0 Å². The monoisotopic (exact) mass is 292 g/mol. The van der Waals surface area contributed by atoms with Gasteiger partial charge in [-0.2, -0.15) is 0 Å². The van der Waals surface area contributed by atoms with E-state index in [0.717, 1.165) is 25.7 Å². The fraction of sp³-hybridized carbons (Fsp3) is 0.750. The molecular weight excluding hydrogens is 264 g/mol. The first-order chi connectivity index (χ1) is 9.84. The third kappa shape index (κ3) is 3.46. The third-order valence-electron chi connectivity index (χ3n) is 4.53. The van der Waals surface area contributed by atoms with E-state index in [-0.39, 0.29) is 11.1 Å². The summed E-state index contributed by atoms with van der Waals surface area (Å²) in [7, 11) is 4.02. The maximum atomic E-state index is 12.7. The molecule has 1 saturated carbocycles. The van der Waals surface area contributed by atoms with E-state index in [1.807, 2.05) is 34.9 Å². The molecule has 0 aromatic carbocycles. The van der Waals surface area contributed by atoms with Gasteiger partial charge in [-0.1, -0.05) is 0 Å². The second kappa shape index (κ2) is 6.18. The summed E-state index contributed by atoms with van der Waals surface area (Å²) in [6, 6.07) is 1.02. The lowest BCUT2D eigenvalue weighted by Gasteiger charge is -2.35. The Labute approximate surface area is 127 Å². The first-order valence-electron chi connectivity index (χ1n) is 7.83. The van der Waals surface area contributed by atoms with Gasteiger partial charge in [0.2, 0.25) is 0 Å². The number of hydrogen-bond donors (Lipinski definition) is 1. The van der Waals surface area contributed by atoms with Crippen molar-refractivity contribution in [3.63, 3.8) is 0 Å². The lowest BCUT2D eigenvalue weighted by molar-refractivity contribution is 0.347. The molecule has 2 rings (SSSR count). The number of rotatable bonds is 3. The highest BCUT2D eigenvalue weighted by Gasteiger charge is 2.26. The van der Waals surface area contributed by atoms with Crippen molar-refractivity contribution < 1.29 is 0 Å². The quantitative estimate of drug-likeness (QED) is 0.925. The molecule has 1 aromatic heterocycles. The van der Waals surface area contributed by atoms with Crippen LogP contribution in [0.5, 0.6) is 0 Å². The Morgan fingerprint density at radius 3 is 2.43 bits per heavy atom. The SMILES string of the molecule is CNC1CCC(N(C)c2nccn(C(C)(C)C)c2=O)CC1. The van der Waals surface area contributed by atoms with Gasteiger partial charge in [0.05, 0.1) is 0 Å². The van der Waals surface area contributed by atoms with Crippen molar-refractivity contribution in [3.8, 4) is 0 Å². The Bertz CT molecular complexity index is 524. The van der Waals surface area contributed by atoms with Crippen LogP contribution in [0, 0.1) is 0 Å². The molecule has 118 valence electrons. The number of nitrogens with zero attached hydrogens (tertiary/aromatic N) is 3. The molecule has 5 nitrogen and oxygen atoms in total. The van der Waals surface area contributed by atoms with E-state index in [2.05, 4.69) is 15.2 Å². The molecule has 1 N–H and O–H groups in total.